The summed E-state index contributed by atoms with van der Waals surface area (Å²) in [5, 5.41) is 0. The van der Waals surface area contributed by atoms with E-state index in [1.807, 2.05) is 24.3 Å². The SMILES string of the molecule is COc1ccc(Cc2ccc(C(=C3C(c4ccccc4)=[N+](C)c4ccccc43)c3ccc(Cc4ccc(OC)cc4)cc3)cc2)cc1. The van der Waals surface area contributed by atoms with Crippen LogP contribution < -0.4 is 9.47 Å². The molecule has 0 atom stereocenters. The van der Waals surface area contributed by atoms with E-state index in [9.17, 15) is 0 Å². The topological polar surface area (TPSA) is 21.5 Å². The maximum atomic E-state index is 5.36. The van der Waals surface area contributed by atoms with Crippen LogP contribution in [0.1, 0.15) is 44.5 Å². The lowest BCUT2D eigenvalue weighted by molar-refractivity contribution is -0.400. The molecule has 230 valence electrons. The molecule has 0 unspecified atom stereocenters. The van der Waals surface area contributed by atoms with Crippen molar-refractivity contribution in [1.29, 1.82) is 0 Å². The minimum Gasteiger partial charge on any atom is -0.497 e. The second-order valence-corrected chi connectivity index (χ2v) is 12.0. The van der Waals surface area contributed by atoms with E-state index in [0.717, 1.165) is 24.3 Å². The van der Waals surface area contributed by atoms with E-state index in [-0.39, 0.29) is 0 Å². The molecule has 0 amide bonds. The van der Waals surface area contributed by atoms with Crippen molar-refractivity contribution in [1.82, 2.24) is 0 Å². The van der Waals surface area contributed by atoms with E-state index >= 15 is 0 Å². The summed E-state index contributed by atoms with van der Waals surface area (Å²) >= 11 is 0. The number of ether oxygens (including phenoxy) is 2. The van der Waals surface area contributed by atoms with Gasteiger partial charge in [-0.05, 0) is 88.7 Å². The number of benzene rings is 6. The van der Waals surface area contributed by atoms with E-state index in [0.29, 0.717) is 0 Å². The lowest BCUT2D eigenvalue weighted by Crippen LogP contribution is -2.11. The summed E-state index contributed by atoms with van der Waals surface area (Å²) in [6.07, 6.45) is 1.73. The quantitative estimate of drug-likeness (QED) is 0.152. The highest BCUT2D eigenvalue weighted by molar-refractivity contribution is 6.38. The molecule has 0 N–H and O–H groups in total. The molecule has 0 aromatic heterocycles. The van der Waals surface area contributed by atoms with Crippen LogP contribution >= 0.6 is 0 Å². The number of methoxy groups -OCH3 is 2. The zero-order valence-corrected chi connectivity index (χ0v) is 27.1. The Labute approximate surface area is 277 Å². The first-order valence-electron chi connectivity index (χ1n) is 16.1. The summed E-state index contributed by atoms with van der Waals surface area (Å²) in [6.45, 7) is 0. The minimum atomic E-state index is 0.864. The van der Waals surface area contributed by atoms with Crippen molar-refractivity contribution in [3.63, 3.8) is 0 Å². The fourth-order valence-corrected chi connectivity index (χ4v) is 6.57. The number of hydrogen-bond donors (Lipinski definition) is 0. The van der Waals surface area contributed by atoms with Gasteiger partial charge in [0.25, 0.3) is 0 Å². The lowest BCUT2D eigenvalue weighted by Gasteiger charge is -2.15. The number of fused-ring (bicyclic) bond motifs is 1. The van der Waals surface area contributed by atoms with Crippen LogP contribution in [0.15, 0.2) is 152 Å². The Morgan fingerprint density at radius 1 is 0.489 bits per heavy atom. The largest absolute Gasteiger partial charge is 0.497 e. The highest BCUT2D eigenvalue weighted by Gasteiger charge is 2.36. The molecule has 3 heteroatoms. The molecule has 6 aromatic carbocycles. The van der Waals surface area contributed by atoms with Gasteiger partial charge in [-0.25, -0.2) is 0 Å². The highest BCUT2D eigenvalue weighted by atomic mass is 16.5. The van der Waals surface area contributed by atoms with Crippen LogP contribution in [0.3, 0.4) is 0 Å². The van der Waals surface area contributed by atoms with Gasteiger partial charge < -0.3 is 9.47 Å². The first kappa shape index (κ1) is 30.0. The average Bonchev–Trinajstić information content (AvgIpc) is 3.42. The van der Waals surface area contributed by atoms with Crippen LogP contribution in [0.5, 0.6) is 11.5 Å². The minimum absolute atomic E-state index is 0.864. The van der Waals surface area contributed by atoms with Crippen LogP contribution in [0.4, 0.5) is 5.69 Å². The van der Waals surface area contributed by atoms with Crippen LogP contribution in [-0.4, -0.2) is 31.6 Å². The van der Waals surface area contributed by atoms with Crippen LogP contribution in [0.2, 0.25) is 0 Å². The van der Waals surface area contributed by atoms with Crippen molar-refractivity contribution in [2.45, 2.75) is 12.8 Å². The van der Waals surface area contributed by atoms with Crippen molar-refractivity contribution in [2.75, 3.05) is 21.3 Å². The molecule has 47 heavy (non-hydrogen) atoms. The van der Waals surface area contributed by atoms with Crippen LogP contribution in [0, 0.1) is 0 Å². The normalized spacial score (nSPS) is 12.2. The molecule has 3 nitrogen and oxygen atoms in total. The molecule has 0 saturated heterocycles. The molecule has 0 aliphatic carbocycles. The highest BCUT2D eigenvalue weighted by Crippen LogP contribution is 2.43. The molecule has 0 saturated carbocycles. The van der Waals surface area contributed by atoms with Gasteiger partial charge in [0.15, 0.2) is 0 Å². The van der Waals surface area contributed by atoms with E-state index < -0.39 is 0 Å². The molecule has 0 radical (unpaired) electrons. The number of hydrogen-bond acceptors (Lipinski definition) is 2. The Kier molecular flexibility index (Phi) is 8.53. The second-order valence-electron chi connectivity index (χ2n) is 12.0. The zero-order chi connectivity index (χ0) is 32.2. The van der Waals surface area contributed by atoms with Crippen molar-refractivity contribution in [3.05, 3.63) is 196 Å². The molecule has 1 aliphatic heterocycles. The maximum absolute atomic E-state index is 5.36. The second kappa shape index (κ2) is 13.4. The fraction of sp³-hybridized carbons (Fsp3) is 0.114. The van der Waals surface area contributed by atoms with Crippen LogP contribution in [0.25, 0.3) is 11.1 Å². The van der Waals surface area contributed by atoms with E-state index in [2.05, 4.69) is 139 Å². The van der Waals surface area contributed by atoms with E-state index in [1.165, 1.54) is 67.1 Å². The molecule has 1 heterocycles. The third kappa shape index (κ3) is 6.25. The summed E-state index contributed by atoms with van der Waals surface area (Å²) in [5.41, 5.74) is 14.8. The zero-order valence-electron chi connectivity index (χ0n) is 27.1. The predicted molar refractivity (Wildman–Crippen MR) is 193 cm³/mol. The van der Waals surface area contributed by atoms with Gasteiger partial charge in [0.2, 0.25) is 11.4 Å². The van der Waals surface area contributed by atoms with Gasteiger partial charge in [0.1, 0.15) is 18.5 Å². The molecular formula is C44H38NO2+. The summed E-state index contributed by atoms with van der Waals surface area (Å²) in [6, 6.07) is 54.4. The van der Waals surface area contributed by atoms with E-state index in [1.54, 1.807) is 14.2 Å². The first-order valence-corrected chi connectivity index (χ1v) is 16.1. The maximum Gasteiger partial charge on any atom is 0.221 e. The van der Waals surface area contributed by atoms with Gasteiger partial charge in [0.05, 0.1) is 25.4 Å². The Hall–Kier alpha value is -5.67. The van der Waals surface area contributed by atoms with Gasteiger partial charge in [-0.3, -0.25) is 0 Å². The van der Waals surface area contributed by atoms with Gasteiger partial charge in [0, 0.05) is 17.2 Å². The van der Waals surface area contributed by atoms with Crippen molar-refractivity contribution in [2.24, 2.45) is 0 Å². The molecule has 0 fully saturated rings. The third-order valence-corrected chi connectivity index (χ3v) is 9.02. The number of nitrogens with zero attached hydrogens (tertiary/aromatic N) is 1. The fourth-order valence-electron chi connectivity index (χ4n) is 6.57. The lowest BCUT2D eigenvalue weighted by atomic mass is 9.85. The van der Waals surface area contributed by atoms with Gasteiger partial charge in [-0.15, -0.1) is 0 Å². The Morgan fingerprint density at radius 2 is 0.915 bits per heavy atom. The molecule has 7 rings (SSSR count). The molecular weight excluding hydrogens is 574 g/mol. The van der Waals surface area contributed by atoms with Gasteiger partial charge >= 0.3 is 0 Å². The van der Waals surface area contributed by atoms with Crippen molar-refractivity contribution < 1.29 is 14.0 Å². The summed E-state index contributed by atoms with van der Waals surface area (Å²) in [5.74, 6) is 1.75. The van der Waals surface area contributed by atoms with Crippen LogP contribution in [-0.2, 0) is 12.8 Å². The summed E-state index contributed by atoms with van der Waals surface area (Å²) < 4.78 is 13.1. The molecule has 0 spiro atoms. The smallest absolute Gasteiger partial charge is 0.221 e. The Balaban J connectivity index is 1.33. The Morgan fingerprint density at radius 3 is 1.38 bits per heavy atom. The van der Waals surface area contributed by atoms with Crippen molar-refractivity contribution in [3.8, 4) is 11.5 Å². The monoisotopic (exact) mass is 612 g/mol. The number of allylic oxidation sites excluding steroid dienone is 1. The number of para-hydroxylation sites is 1. The first-order chi connectivity index (χ1) is 23.1. The summed E-state index contributed by atoms with van der Waals surface area (Å²) in [4.78, 5) is 0. The standard InChI is InChI=1S/C44H38NO2/c1-45-41-12-8-7-11-40(41)43(44(45)37-9-5-4-6-10-37)42(35-21-13-31(14-22-35)29-33-17-25-38(46-2)26-18-33)36-23-15-32(16-24-36)30-34-19-27-39(47-3)28-20-34/h4-28H,29-30H2,1-3H3/q+1. The van der Waals surface area contributed by atoms with Crippen molar-refractivity contribution >= 4 is 22.5 Å². The molecule has 0 bridgehead atoms. The molecule has 6 aromatic rings. The molecule has 1 aliphatic rings. The number of rotatable bonds is 9. The predicted octanol–water partition coefficient (Wildman–Crippen LogP) is 9.62. The summed E-state index contributed by atoms with van der Waals surface area (Å²) in [7, 11) is 5.59. The average molecular weight is 613 g/mol. The van der Waals surface area contributed by atoms with Gasteiger partial charge in [-0.2, -0.15) is 4.58 Å². The Bertz CT molecular complexity index is 1960. The van der Waals surface area contributed by atoms with E-state index in [4.69, 9.17) is 9.47 Å². The van der Waals surface area contributed by atoms with Gasteiger partial charge in [-0.1, -0.05) is 103 Å². The third-order valence-electron chi connectivity index (χ3n) is 9.02.